The van der Waals surface area contributed by atoms with Crippen molar-refractivity contribution in [3.63, 3.8) is 0 Å². The third-order valence-electron chi connectivity index (χ3n) is 2.77. The van der Waals surface area contributed by atoms with Gasteiger partial charge in [-0.3, -0.25) is 9.59 Å². The fourth-order valence-electron chi connectivity index (χ4n) is 1.68. The lowest BCUT2D eigenvalue weighted by molar-refractivity contribution is -0.121. The molecule has 0 aliphatic rings. The highest BCUT2D eigenvalue weighted by molar-refractivity contribution is 5.93. The van der Waals surface area contributed by atoms with Crippen molar-refractivity contribution in [3.05, 3.63) is 29.8 Å². The van der Waals surface area contributed by atoms with Crippen molar-refractivity contribution in [3.8, 4) is 5.75 Å². The number of carbonyl (C=O) groups excluding carboxylic acids is 2. The summed E-state index contributed by atoms with van der Waals surface area (Å²) in [4.78, 5) is 22.6. The van der Waals surface area contributed by atoms with E-state index in [1.165, 1.54) is 0 Å². The van der Waals surface area contributed by atoms with Crippen molar-refractivity contribution in [2.24, 2.45) is 5.73 Å². The fourth-order valence-corrected chi connectivity index (χ4v) is 1.68. The lowest BCUT2D eigenvalue weighted by Gasteiger charge is -2.08. The largest absolute Gasteiger partial charge is 0.493 e. The lowest BCUT2D eigenvalue weighted by Crippen LogP contribution is -2.32. The second-order valence-electron chi connectivity index (χ2n) is 4.59. The first-order valence-electron chi connectivity index (χ1n) is 7.13. The van der Waals surface area contributed by atoms with E-state index in [2.05, 4.69) is 17.6 Å². The number of primary amides is 1. The van der Waals surface area contributed by atoms with E-state index >= 15 is 0 Å². The van der Waals surface area contributed by atoms with Crippen LogP contribution in [0.5, 0.6) is 5.75 Å². The van der Waals surface area contributed by atoms with Crippen LogP contribution in [0.15, 0.2) is 24.3 Å². The predicted octanol–water partition coefficient (Wildman–Crippen LogP) is 0.670. The van der Waals surface area contributed by atoms with Crippen LogP contribution >= 0.6 is 0 Å². The Hall–Kier alpha value is -2.08. The SMILES string of the molecule is CCCNCCNC(=O)CCOc1cccc(C(N)=O)c1. The molecule has 0 unspecified atom stereocenters. The molecule has 2 amide bonds. The Balaban J connectivity index is 2.19. The number of ether oxygens (including phenoxy) is 1. The number of benzene rings is 1. The van der Waals surface area contributed by atoms with Crippen LogP contribution in [0, 0.1) is 0 Å². The van der Waals surface area contributed by atoms with E-state index in [1.807, 2.05) is 0 Å². The molecule has 0 bridgehead atoms. The quantitative estimate of drug-likeness (QED) is 0.553. The standard InChI is InChI=1S/C15H23N3O3/c1-2-7-17-8-9-18-14(19)6-10-21-13-5-3-4-12(11-13)15(16)20/h3-5,11,17H,2,6-10H2,1H3,(H2,16,20)(H,18,19). The molecule has 0 spiro atoms. The van der Waals surface area contributed by atoms with E-state index in [4.69, 9.17) is 10.5 Å². The molecule has 1 aromatic rings. The second-order valence-corrected chi connectivity index (χ2v) is 4.59. The van der Waals surface area contributed by atoms with Gasteiger partial charge in [-0.15, -0.1) is 0 Å². The summed E-state index contributed by atoms with van der Waals surface area (Å²) in [6.45, 7) is 4.68. The van der Waals surface area contributed by atoms with Crippen molar-refractivity contribution in [1.29, 1.82) is 0 Å². The van der Waals surface area contributed by atoms with Crippen LogP contribution in [0.25, 0.3) is 0 Å². The summed E-state index contributed by atoms with van der Waals surface area (Å²) in [6, 6.07) is 6.59. The minimum Gasteiger partial charge on any atom is -0.493 e. The van der Waals surface area contributed by atoms with Gasteiger partial charge in [0.2, 0.25) is 11.8 Å². The van der Waals surface area contributed by atoms with E-state index < -0.39 is 5.91 Å². The number of carbonyl (C=O) groups is 2. The Morgan fingerprint density at radius 3 is 2.76 bits per heavy atom. The minimum absolute atomic E-state index is 0.0562. The molecule has 0 radical (unpaired) electrons. The van der Waals surface area contributed by atoms with Gasteiger partial charge in [0.15, 0.2) is 0 Å². The summed E-state index contributed by atoms with van der Waals surface area (Å²) in [5, 5.41) is 6.00. The molecule has 0 fully saturated rings. The Labute approximate surface area is 125 Å². The van der Waals surface area contributed by atoms with E-state index in [9.17, 15) is 9.59 Å². The van der Waals surface area contributed by atoms with Gasteiger partial charge in [0, 0.05) is 18.7 Å². The Kier molecular flexibility index (Phi) is 7.89. The Morgan fingerprint density at radius 2 is 2.05 bits per heavy atom. The van der Waals surface area contributed by atoms with Gasteiger partial charge in [0.05, 0.1) is 13.0 Å². The molecule has 0 saturated heterocycles. The molecule has 0 aliphatic carbocycles. The van der Waals surface area contributed by atoms with Crippen molar-refractivity contribution in [2.45, 2.75) is 19.8 Å². The first-order valence-corrected chi connectivity index (χ1v) is 7.13. The molecular formula is C15H23N3O3. The third-order valence-corrected chi connectivity index (χ3v) is 2.77. The molecule has 1 rings (SSSR count). The Bertz CT molecular complexity index is 463. The second kappa shape index (κ2) is 9.77. The topological polar surface area (TPSA) is 93.4 Å². The molecule has 0 aliphatic heterocycles. The van der Waals surface area contributed by atoms with E-state index in [0.29, 0.717) is 17.9 Å². The molecule has 1 aromatic carbocycles. The molecule has 0 saturated carbocycles. The number of nitrogens with one attached hydrogen (secondary N) is 2. The van der Waals surface area contributed by atoms with Crippen molar-refractivity contribution in [2.75, 3.05) is 26.2 Å². The molecule has 4 N–H and O–H groups in total. The third kappa shape index (κ3) is 7.31. The molecule has 116 valence electrons. The maximum Gasteiger partial charge on any atom is 0.248 e. The van der Waals surface area contributed by atoms with Crippen molar-refractivity contribution < 1.29 is 14.3 Å². The summed E-state index contributed by atoms with van der Waals surface area (Å²) >= 11 is 0. The Morgan fingerprint density at radius 1 is 1.24 bits per heavy atom. The van der Waals surface area contributed by atoms with Gasteiger partial charge >= 0.3 is 0 Å². The van der Waals surface area contributed by atoms with Crippen LogP contribution in [0.1, 0.15) is 30.1 Å². The molecule has 6 nitrogen and oxygen atoms in total. The fraction of sp³-hybridized carbons (Fsp3) is 0.467. The van der Waals surface area contributed by atoms with E-state index in [1.54, 1.807) is 24.3 Å². The van der Waals surface area contributed by atoms with Crippen LogP contribution in [0.2, 0.25) is 0 Å². The summed E-state index contributed by atoms with van der Waals surface area (Å²) in [5.41, 5.74) is 5.57. The molecular weight excluding hydrogens is 270 g/mol. The summed E-state index contributed by atoms with van der Waals surface area (Å²) in [7, 11) is 0. The number of hydrogen-bond donors (Lipinski definition) is 3. The van der Waals surface area contributed by atoms with Crippen LogP contribution in [-0.4, -0.2) is 38.1 Å². The monoisotopic (exact) mass is 293 g/mol. The highest BCUT2D eigenvalue weighted by atomic mass is 16.5. The highest BCUT2D eigenvalue weighted by Crippen LogP contribution is 2.12. The number of hydrogen-bond acceptors (Lipinski definition) is 4. The highest BCUT2D eigenvalue weighted by Gasteiger charge is 2.04. The number of nitrogens with two attached hydrogens (primary N) is 1. The molecule has 0 atom stereocenters. The average Bonchev–Trinajstić information content (AvgIpc) is 2.47. The van der Waals surface area contributed by atoms with Gasteiger partial charge in [-0.1, -0.05) is 13.0 Å². The lowest BCUT2D eigenvalue weighted by atomic mass is 10.2. The van der Waals surface area contributed by atoms with E-state index in [-0.39, 0.29) is 18.9 Å². The van der Waals surface area contributed by atoms with Gasteiger partial charge in [-0.25, -0.2) is 0 Å². The molecule has 0 aromatic heterocycles. The number of amides is 2. The van der Waals surface area contributed by atoms with Crippen LogP contribution in [-0.2, 0) is 4.79 Å². The minimum atomic E-state index is -0.502. The number of rotatable bonds is 10. The van der Waals surface area contributed by atoms with Gasteiger partial charge < -0.3 is 21.1 Å². The molecule has 0 heterocycles. The maximum absolute atomic E-state index is 11.5. The zero-order chi connectivity index (χ0) is 15.5. The zero-order valence-corrected chi connectivity index (χ0v) is 12.4. The first kappa shape index (κ1) is 17.0. The average molecular weight is 293 g/mol. The summed E-state index contributed by atoms with van der Waals surface area (Å²) < 4.78 is 5.43. The maximum atomic E-state index is 11.5. The first-order chi connectivity index (χ1) is 10.1. The van der Waals surface area contributed by atoms with Gasteiger partial charge in [-0.05, 0) is 31.2 Å². The van der Waals surface area contributed by atoms with Crippen LogP contribution in [0.4, 0.5) is 0 Å². The van der Waals surface area contributed by atoms with Gasteiger partial charge in [-0.2, -0.15) is 0 Å². The van der Waals surface area contributed by atoms with E-state index in [0.717, 1.165) is 19.5 Å². The molecule has 6 heteroatoms. The van der Waals surface area contributed by atoms with Crippen molar-refractivity contribution >= 4 is 11.8 Å². The van der Waals surface area contributed by atoms with Crippen molar-refractivity contribution in [1.82, 2.24) is 10.6 Å². The van der Waals surface area contributed by atoms with Crippen LogP contribution < -0.4 is 21.1 Å². The smallest absolute Gasteiger partial charge is 0.248 e. The van der Waals surface area contributed by atoms with Crippen LogP contribution in [0.3, 0.4) is 0 Å². The normalized spacial score (nSPS) is 10.1. The molecule has 21 heavy (non-hydrogen) atoms. The van der Waals surface area contributed by atoms with Gasteiger partial charge in [0.25, 0.3) is 0 Å². The zero-order valence-electron chi connectivity index (χ0n) is 12.4. The predicted molar refractivity (Wildman–Crippen MR) is 81.2 cm³/mol. The summed E-state index contributed by atoms with van der Waals surface area (Å²) in [6.07, 6.45) is 1.35. The summed E-state index contributed by atoms with van der Waals surface area (Å²) in [5.74, 6) is -0.0270. The van der Waals surface area contributed by atoms with Gasteiger partial charge in [0.1, 0.15) is 5.75 Å².